The van der Waals surface area contributed by atoms with Crippen LogP contribution >= 0.6 is 0 Å². The Bertz CT molecular complexity index is 379. The minimum atomic E-state index is -0.403. The van der Waals surface area contributed by atoms with Crippen molar-refractivity contribution < 1.29 is 4.79 Å². The summed E-state index contributed by atoms with van der Waals surface area (Å²) >= 11 is 0. The highest BCUT2D eigenvalue weighted by molar-refractivity contribution is 5.89. The summed E-state index contributed by atoms with van der Waals surface area (Å²) in [6.07, 6.45) is 5.26. The molecule has 0 spiro atoms. The smallest absolute Gasteiger partial charge is 0.142 e. The van der Waals surface area contributed by atoms with Gasteiger partial charge >= 0.3 is 0 Å². The number of hydrogen-bond acceptors (Lipinski definition) is 2. The van der Waals surface area contributed by atoms with Crippen LogP contribution < -0.4 is 5.73 Å². The number of rotatable bonds is 7. The van der Waals surface area contributed by atoms with Crippen LogP contribution in [0.4, 0.5) is 5.69 Å². The van der Waals surface area contributed by atoms with Gasteiger partial charge in [0.15, 0.2) is 0 Å². The van der Waals surface area contributed by atoms with Crippen LogP contribution in [0.2, 0.25) is 0 Å². The SMILES string of the molecule is CCCCCCC(=O)C(C)(C)c1ccc(N)cc1. The van der Waals surface area contributed by atoms with Crippen molar-refractivity contribution in [2.45, 2.75) is 58.3 Å². The van der Waals surface area contributed by atoms with Crippen LogP contribution in [-0.4, -0.2) is 5.78 Å². The first kappa shape index (κ1) is 14.7. The van der Waals surface area contributed by atoms with Gasteiger partial charge in [0.05, 0.1) is 0 Å². The van der Waals surface area contributed by atoms with E-state index in [1.54, 1.807) is 0 Å². The van der Waals surface area contributed by atoms with Gasteiger partial charge in [-0.2, -0.15) is 0 Å². The van der Waals surface area contributed by atoms with E-state index in [9.17, 15) is 4.79 Å². The monoisotopic (exact) mass is 247 g/mol. The molecule has 2 nitrogen and oxygen atoms in total. The first-order valence-electron chi connectivity index (χ1n) is 6.87. The Morgan fingerprint density at radius 2 is 1.72 bits per heavy atom. The second kappa shape index (κ2) is 6.58. The van der Waals surface area contributed by atoms with Gasteiger partial charge in [-0.05, 0) is 38.0 Å². The highest BCUT2D eigenvalue weighted by Crippen LogP contribution is 2.27. The molecule has 2 N–H and O–H groups in total. The Balaban J connectivity index is 2.61. The van der Waals surface area contributed by atoms with Crippen LogP contribution in [0.5, 0.6) is 0 Å². The molecular formula is C16H25NO. The zero-order chi connectivity index (χ0) is 13.6. The number of nitrogen functional groups attached to an aromatic ring is 1. The van der Waals surface area contributed by atoms with Gasteiger partial charge in [0.25, 0.3) is 0 Å². The fraction of sp³-hybridized carbons (Fsp3) is 0.562. The van der Waals surface area contributed by atoms with E-state index in [1.807, 2.05) is 38.1 Å². The maximum Gasteiger partial charge on any atom is 0.142 e. The second-order valence-electron chi connectivity index (χ2n) is 5.48. The van der Waals surface area contributed by atoms with E-state index in [4.69, 9.17) is 5.73 Å². The minimum Gasteiger partial charge on any atom is -0.399 e. The fourth-order valence-electron chi connectivity index (χ4n) is 2.09. The molecule has 0 aliphatic heterocycles. The van der Waals surface area contributed by atoms with Crippen molar-refractivity contribution in [2.75, 3.05) is 5.73 Å². The average molecular weight is 247 g/mol. The van der Waals surface area contributed by atoms with Gasteiger partial charge in [0.1, 0.15) is 5.78 Å². The van der Waals surface area contributed by atoms with Crippen LogP contribution in [0.3, 0.4) is 0 Å². The topological polar surface area (TPSA) is 43.1 Å². The molecule has 1 rings (SSSR count). The molecule has 1 aromatic rings. The molecule has 0 saturated heterocycles. The Kier molecular flexibility index (Phi) is 5.39. The number of ketones is 1. The summed E-state index contributed by atoms with van der Waals surface area (Å²) in [5.74, 6) is 0.323. The van der Waals surface area contributed by atoms with Crippen LogP contribution in [0, 0.1) is 0 Å². The van der Waals surface area contributed by atoms with E-state index in [0.717, 1.165) is 24.1 Å². The standard InChI is InChI=1S/C16H25NO/c1-4-5-6-7-8-15(18)16(2,3)13-9-11-14(17)12-10-13/h9-12H,4-8,17H2,1-3H3. The Morgan fingerprint density at radius 3 is 2.28 bits per heavy atom. The number of nitrogens with two attached hydrogens (primary N) is 1. The first-order valence-corrected chi connectivity index (χ1v) is 6.87. The molecule has 0 unspecified atom stereocenters. The Hall–Kier alpha value is -1.31. The van der Waals surface area contributed by atoms with Gasteiger partial charge in [-0.25, -0.2) is 0 Å². The predicted molar refractivity (Wildman–Crippen MR) is 77.6 cm³/mol. The molecule has 0 bridgehead atoms. The van der Waals surface area contributed by atoms with Gasteiger partial charge in [-0.15, -0.1) is 0 Å². The number of Topliss-reactive ketones (excluding diaryl/α,β-unsaturated/α-hetero) is 1. The van der Waals surface area contributed by atoms with E-state index >= 15 is 0 Å². The van der Waals surface area contributed by atoms with Crippen molar-refractivity contribution in [3.05, 3.63) is 29.8 Å². The molecule has 0 heterocycles. The highest BCUT2D eigenvalue weighted by atomic mass is 16.1. The van der Waals surface area contributed by atoms with Gasteiger partial charge in [-0.3, -0.25) is 4.79 Å². The number of hydrogen-bond donors (Lipinski definition) is 1. The van der Waals surface area contributed by atoms with Gasteiger partial charge in [-0.1, -0.05) is 38.3 Å². The van der Waals surface area contributed by atoms with Gasteiger partial charge < -0.3 is 5.73 Å². The molecule has 0 saturated carbocycles. The molecule has 0 atom stereocenters. The summed E-state index contributed by atoms with van der Waals surface area (Å²) in [7, 11) is 0. The van der Waals surface area contributed by atoms with Crippen molar-refractivity contribution >= 4 is 11.5 Å². The van der Waals surface area contributed by atoms with Gasteiger partial charge in [0.2, 0.25) is 0 Å². The second-order valence-corrected chi connectivity index (χ2v) is 5.48. The maximum absolute atomic E-state index is 12.3. The molecule has 0 aliphatic carbocycles. The molecular weight excluding hydrogens is 222 g/mol. The number of carbonyl (C=O) groups excluding carboxylic acids is 1. The van der Waals surface area contributed by atoms with Crippen LogP contribution in [0.1, 0.15) is 58.4 Å². The van der Waals surface area contributed by atoms with E-state index in [2.05, 4.69) is 6.92 Å². The molecule has 100 valence electrons. The fourth-order valence-corrected chi connectivity index (χ4v) is 2.09. The van der Waals surface area contributed by atoms with Crippen LogP contribution in [0.15, 0.2) is 24.3 Å². The Labute approximate surface area is 111 Å². The predicted octanol–water partition coefficient (Wildman–Crippen LogP) is 4.09. The lowest BCUT2D eigenvalue weighted by Crippen LogP contribution is -2.28. The number of anilines is 1. The van der Waals surface area contributed by atoms with Crippen LogP contribution in [-0.2, 0) is 10.2 Å². The van der Waals surface area contributed by atoms with Gasteiger partial charge in [0, 0.05) is 17.5 Å². The van der Waals surface area contributed by atoms with Crippen molar-refractivity contribution in [1.82, 2.24) is 0 Å². The molecule has 0 aromatic heterocycles. The third-order valence-corrected chi connectivity index (χ3v) is 3.59. The molecule has 0 amide bonds. The lowest BCUT2D eigenvalue weighted by atomic mass is 9.79. The van der Waals surface area contributed by atoms with Crippen molar-refractivity contribution in [3.8, 4) is 0 Å². The zero-order valence-corrected chi connectivity index (χ0v) is 11.8. The molecule has 18 heavy (non-hydrogen) atoms. The number of unbranched alkanes of at least 4 members (excludes halogenated alkanes) is 3. The maximum atomic E-state index is 12.3. The molecule has 0 aliphatic rings. The lowest BCUT2D eigenvalue weighted by Gasteiger charge is -2.24. The number of benzene rings is 1. The summed E-state index contributed by atoms with van der Waals surface area (Å²) < 4.78 is 0. The van der Waals surface area contributed by atoms with E-state index in [0.29, 0.717) is 12.2 Å². The first-order chi connectivity index (χ1) is 8.48. The lowest BCUT2D eigenvalue weighted by molar-refractivity contribution is -0.123. The van der Waals surface area contributed by atoms with Crippen molar-refractivity contribution in [2.24, 2.45) is 0 Å². The summed E-state index contributed by atoms with van der Waals surface area (Å²) in [6.45, 7) is 6.18. The average Bonchev–Trinajstić information content (AvgIpc) is 2.35. The highest BCUT2D eigenvalue weighted by Gasteiger charge is 2.28. The minimum absolute atomic E-state index is 0.323. The quantitative estimate of drug-likeness (QED) is 0.582. The van der Waals surface area contributed by atoms with E-state index in [1.165, 1.54) is 12.8 Å². The molecule has 1 aromatic carbocycles. The van der Waals surface area contributed by atoms with Crippen molar-refractivity contribution in [1.29, 1.82) is 0 Å². The summed E-state index contributed by atoms with van der Waals surface area (Å²) in [5, 5.41) is 0. The third-order valence-electron chi connectivity index (χ3n) is 3.59. The van der Waals surface area contributed by atoms with Crippen LogP contribution in [0.25, 0.3) is 0 Å². The zero-order valence-electron chi connectivity index (χ0n) is 11.8. The summed E-state index contributed by atoms with van der Waals surface area (Å²) in [4.78, 5) is 12.3. The van der Waals surface area contributed by atoms with E-state index < -0.39 is 5.41 Å². The largest absolute Gasteiger partial charge is 0.399 e. The van der Waals surface area contributed by atoms with Crippen molar-refractivity contribution in [3.63, 3.8) is 0 Å². The molecule has 0 fully saturated rings. The number of carbonyl (C=O) groups is 1. The molecule has 0 radical (unpaired) electrons. The van der Waals surface area contributed by atoms with E-state index in [-0.39, 0.29) is 0 Å². The molecule has 2 heteroatoms. The Morgan fingerprint density at radius 1 is 1.11 bits per heavy atom. The third kappa shape index (κ3) is 3.86. The summed E-state index contributed by atoms with van der Waals surface area (Å²) in [6, 6.07) is 7.64. The normalized spacial score (nSPS) is 11.5. The summed E-state index contributed by atoms with van der Waals surface area (Å²) in [5.41, 5.74) is 7.07.